The monoisotopic (exact) mass is 251 g/mol. The Morgan fingerprint density at radius 3 is 3.17 bits per heavy atom. The highest BCUT2D eigenvalue weighted by molar-refractivity contribution is 5.29. The molecule has 0 spiro atoms. The fourth-order valence-corrected chi connectivity index (χ4v) is 2.44. The second-order valence-electron chi connectivity index (χ2n) is 5.33. The van der Waals surface area contributed by atoms with Crippen molar-refractivity contribution in [3.8, 4) is 0 Å². The molecule has 1 aliphatic heterocycles. The summed E-state index contributed by atoms with van der Waals surface area (Å²) >= 11 is 0. The van der Waals surface area contributed by atoms with Gasteiger partial charge in [-0.15, -0.1) is 0 Å². The third-order valence-corrected chi connectivity index (χ3v) is 3.65. The van der Waals surface area contributed by atoms with Gasteiger partial charge in [0, 0.05) is 38.7 Å². The Labute approximate surface area is 108 Å². The van der Waals surface area contributed by atoms with E-state index in [4.69, 9.17) is 9.15 Å². The van der Waals surface area contributed by atoms with Crippen LogP contribution in [0.15, 0.2) is 10.7 Å². The van der Waals surface area contributed by atoms with Crippen LogP contribution in [0.2, 0.25) is 0 Å². The van der Waals surface area contributed by atoms with E-state index in [-0.39, 0.29) is 0 Å². The summed E-state index contributed by atoms with van der Waals surface area (Å²) in [5.74, 6) is 0.606. The van der Waals surface area contributed by atoms with E-state index in [9.17, 15) is 0 Å². The van der Waals surface area contributed by atoms with Crippen molar-refractivity contribution in [2.45, 2.75) is 31.8 Å². The smallest absolute Gasteiger partial charge is 0.297 e. The maximum Gasteiger partial charge on any atom is 0.297 e. The zero-order valence-electron chi connectivity index (χ0n) is 10.9. The molecule has 0 amide bonds. The lowest BCUT2D eigenvalue weighted by Gasteiger charge is -2.12. The number of nitrogens with zero attached hydrogens (tertiary/aromatic N) is 2. The van der Waals surface area contributed by atoms with Crippen LogP contribution in [0.4, 0.5) is 6.01 Å². The minimum absolute atomic E-state index is 0.606. The van der Waals surface area contributed by atoms with Crippen LogP contribution in [0.1, 0.15) is 25.0 Å². The third-order valence-electron chi connectivity index (χ3n) is 3.65. The summed E-state index contributed by atoms with van der Waals surface area (Å²) in [6.45, 7) is 3.66. The standard InChI is InChI=1S/C13H21N3O2/c1-17-8-10-4-5-16(7-10)13-15-12(9-18-13)6-14-11-2-3-11/h9-11,14H,2-8H2,1H3. The summed E-state index contributed by atoms with van der Waals surface area (Å²) in [5.41, 5.74) is 1.01. The molecule has 1 aromatic rings. The second-order valence-corrected chi connectivity index (χ2v) is 5.33. The molecule has 1 saturated heterocycles. The van der Waals surface area contributed by atoms with E-state index in [1.165, 1.54) is 12.8 Å². The molecule has 1 aromatic heterocycles. The number of hydrogen-bond donors (Lipinski definition) is 1. The summed E-state index contributed by atoms with van der Waals surface area (Å²) < 4.78 is 10.8. The molecule has 5 nitrogen and oxygen atoms in total. The number of ether oxygens (including phenoxy) is 1. The van der Waals surface area contributed by atoms with Crippen LogP contribution >= 0.6 is 0 Å². The van der Waals surface area contributed by atoms with Crippen LogP contribution in [0, 0.1) is 5.92 Å². The fourth-order valence-electron chi connectivity index (χ4n) is 2.44. The number of hydrogen-bond acceptors (Lipinski definition) is 5. The zero-order valence-corrected chi connectivity index (χ0v) is 10.9. The summed E-state index contributed by atoms with van der Waals surface area (Å²) in [6.07, 6.45) is 5.53. The van der Waals surface area contributed by atoms with E-state index in [0.29, 0.717) is 12.0 Å². The lowest BCUT2D eigenvalue weighted by molar-refractivity contribution is 0.160. The highest BCUT2D eigenvalue weighted by Gasteiger charge is 2.26. The average Bonchev–Trinajstić information content (AvgIpc) is 2.90. The fraction of sp³-hybridized carbons (Fsp3) is 0.769. The van der Waals surface area contributed by atoms with Gasteiger partial charge in [0.1, 0.15) is 6.26 Å². The number of oxazole rings is 1. The zero-order chi connectivity index (χ0) is 12.4. The summed E-state index contributed by atoms with van der Waals surface area (Å²) in [4.78, 5) is 6.76. The van der Waals surface area contributed by atoms with Gasteiger partial charge in [-0.05, 0) is 19.3 Å². The molecule has 1 saturated carbocycles. The van der Waals surface area contributed by atoms with Gasteiger partial charge in [0.2, 0.25) is 0 Å². The van der Waals surface area contributed by atoms with Gasteiger partial charge in [-0.1, -0.05) is 0 Å². The predicted molar refractivity (Wildman–Crippen MR) is 68.6 cm³/mol. The first-order valence-corrected chi connectivity index (χ1v) is 6.77. The number of anilines is 1. The molecule has 0 aromatic carbocycles. The van der Waals surface area contributed by atoms with E-state index >= 15 is 0 Å². The van der Waals surface area contributed by atoms with Gasteiger partial charge in [0.05, 0.1) is 12.3 Å². The maximum absolute atomic E-state index is 5.56. The van der Waals surface area contributed by atoms with Gasteiger partial charge in [-0.25, -0.2) is 0 Å². The van der Waals surface area contributed by atoms with Gasteiger partial charge in [-0.3, -0.25) is 0 Å². The maximum atomic E-state index is 5.56. The van der Waals surface area contributed by atoms with E-state index in [1.54, 1.807) is 13.4 Å². The minimum Gasteiger partial charge on any atom is -0.432 e. The summed E-state index contributed by atoms with van der Waals surface area (Å²) in [7, 11) is 1.76. The molecule has 2 fully saturated rings. The molecule has 2 heterocycles. The van der Waals surface area contributed by atoms with Gasteiger partial charge >= 0.3 is 0 Å². The summed E-state index contributed by atoms with van der Waals surface area (Å²) in [6, 6.07) is 1.48. The Balaban J connectivity index is 1.52. The second kappa shape index (κ2) is 5.28. The van der Waals surface area contributed by atoms with Crippen molar-refractivity contribution in [2.24, 2.45) is 5.92 Å². The molecule has 1 N–H and O–H groups in total. The Bertz CT molecular complexity index is 389. The van der Waals surface area contributed by atoms with E-state index in [1.807, 2.05) is 0 Å². The molecular formula is C13H21N3O2. The molecule has 1 aliphatic carbocycles. The van der Waals surface area contributed by atoms with Crippen molar-refractivity contribution in [3.05, 3.63) is 12.0 Å². The first kappa shape index (κ1) is 12.0. The van der Waals surface area contributed by atoms with E-state index in [0.717, 1.165) is 44.4 Å². The molecule has 0 bridgehead atoms. The Morgan fingerprint density at radius 1 is 1.50 bits per heavy atom. The van der Waals surface area contributed by atoms with Crippen LogP contribution < -0.4 is 10.2 Å². The van der Waals surface area contributed by atoms with Crippen LogP contribution in [-0.4, -0.2) is 37.8 Å². The Hall–Kier alpha value is -1.07. The average molecular weight is 251 g/mol. The number of methoxy groups -OCH3 is 1. The van der Waals surface area contributed by atoms with Crippen molar-refractivity contribution in [1.82, 2.24) is 10.3 Å². The highest BCUT2D eigenvalue weighted by atomic mass is 16.5. The lowest BCUT2D eigenvalue weighted by atomic mass is 10.1. The quantitative estimate of drug-likeness (QED) is 0.828. The third kappa shape index (κ3) is 2.84. The normalized spacial score (nSPS) is 23.8. The van der Waals surface area contributed by atoms with E-state index in [2.05, 4.69) is 15.2 Å². The topological polar surface area (TPSA) is 50.5 Å². The number of aromatic nitrogens is 1. The minimum atomic E-state index is 0.606. The molecule has 2 aliphatic rings. The summed E-state index contributed by atoms with van der Waals surface area (Å²) in [5, 5.41) is 3.44. The van der Waals surface area contributed by atoms with Crippen molar-refractivity contribution >= 4 is 6.01 Å². The molecule has 5 heteroatoms. The largest absolute Gasteiger partial charge is 0.432 e. The first-order valence-electron chi connectivity index (χ1n) is 6.77. The van der Waals surface area contributed by atoms with Gasteiger partial charge < -0.3 is 19.4 Å². The molecule has 0 radical (unpaired) electrons. The van der Waals surface area contributed by atoms with Crippen LogP contribution in [-0.2, 0) is 11.3 Å². The van der Waals surface area contributed by atoms with E-state index < -0.39 is 0 Å². The van der Waals surface area contributed by atoms with Crippen LogP contribution in [0.3, 0.4) is 0 Å². The van der Waals surface area contributed by atoms with Crippen LogP contribution in [0.5, 0.6) is 0 Å². The molecule has 100 valence electrons. The van der Waals surface area contributed by atoms with Crippen molar-refractivity contribution in [2.75, 3.05) is 31.7 Å². The highest BCUT2D eigenvalue weighted by Crippen LogP contribution is 2.24. The van der Waals surface area contributed by atoms with Gasteiger partial charge in [0.15, 0.2) is 0 Å². The van der Waals surface area contributed by atoms with Gasteiger partial charge in [-0.2, -0.15) is 4.98 Å². The first-order chi connectivity index (χ1) is 8.85. The Morgan fingerprint density at radius 2 is 2.39 bits per heavy atom. The lowest BCUT2D eigenvalue weighted by Crippen LogP contribution is -2.21. The van der Waals surface area contributed by atoms with Crippen molar-refractivity contribution < 1.29 is 9.15 Å². The SMILES string of the molecule is COCC1CCN(c2nc(CNC3CC3)co2)C1. The van der Waals surface area contributed by atoms with Crippen molar-refractivity contribution in [3.63, 3.8) is 0 Å². The molecule has 1 unspecified atom stereocenters. The van der Waals surface area contributed by atoms with Gasteiger partial charge in [0.25, 0.3) is 6.01 Å². The van der Waals surface area contributed by atoms with Crippen LogP contribution in [0.25, 0.3) is 0 Å². The molecule has 3 rings (SSSR count). The molecule has 1 atom stereocenters. The Kier molecular flexibility index (Phi) is 3.52. The molecule has 18 heavy (non-hydrogen) atoms. The number of nitrogens with one attached hydrogen (secondary N) is 1. The predicted octanol–water partition coefficient (Wildman–Crippen LogP) is 1.40. The number of rotatable bonds is 6. The molecular weight excluding hydrogens is 230 g/mol. The van der Waals surface area contributed by atoms with Crippen molar-refractivity contribution in [1.29, 1.82) is 0 Å².